The maximum absolute atomic E-state index is 11.1. The molecule has 0 bridgehead atoms. The van der Waals surface area contributed by atoms with E-state index < -0.39 is 0 Å². The number of carbonyl (C=O) groups excluding carboxylic acids is 1. The van der Waals surface area contributed by atoms with Gasteiger partial charge < -0.3 is 4.90 Å². The van der Waals surface area contributed by atoms with E-state index in [9.17, 15) is 4.79 Å². The van der Waals surface area contributed by atoms with Gasteiger partial charge in [-0.3, -0.25) is 4.79 Å². The zero-order chi connectivity index (χ0) is 6.97. The molecular weight excluding hydrogens is 126 g/mol. The molecule has 0 aromatic carbocycles. The minimum atomic E-state index is 0.154. The highest BCUT2D eigenvalue weighted by atomic mass is 16.2. The van der Waals surface area contributed by atoms with E-state index >= 15 is 0 Å². The summed E-state index contributed by atoms with van der Waals surface area (Å²) < 4.78 is 0. The highest BCUT2D eigenvalue weighted by Crippen LogP contribution is 2.17. The Balaban J connectivity index is 2.25. The van der Waals surface area contributed by atoms with Gasteiger partial charge in [-0.2, -0.15) is 0 Å². The van der Waals surface area contributed by atoms with Gasteiger partial charge in [-0.05, 0) is 12.5 Å². The van der Waals surface area contributed by atoms with E-state index in [0.717, 1.165) is 13.0 Å². The number of rotatable bonds is 0. The molecule has 0 aromatic heterocycles. The molecule has 2 heteroatoms. The molecule has 0 radical (unpaired) electrons. The summed E-state index contributed by atoms with van der Waals surface area (Å²) in [6.45, 7) is 0.799. The first-order chi connectivity index (χ1) is 4.88. The molecular formula is C8H9NO. The number of amides is 1. The molecule has 0 saturated carbocycles. The Bertz CT molecular complexity index is 217. The molecule has 1 atom stereocenters. The van der Waals surface area contributed by atoms with Crippen LogP contribution < -0.4 is 0 Å². The summed E-state index contributed by atoms with van der Waals surface area (Å²) in [7, 11) is 0. The quantitative estimate of drug-likeness (QED) is 0.448. The maximum atomic E-state index is 11.1. The summed E-state index contributed by atoms with van der Waals surface area (Å²) in [5.74, 6) is 0.154. The van der Waals surface area contributed by atoms with Crippen molar-refractivity contribution in [3.8, 4) is 0 Å². The second-order valence-electron chi connectivity index (χ2n) is 2.62. The molecule has 0 N–H and O–H groups in total. The van der Waals surface area contributed by atoms with Gasteiger partial charge in [-0.1, -0.05) is 18.2 Å². The Hall–Kier alpha value is -1.05. The Morgan fingerprint density at radius 3 is 3.20 bits per heavy atom. The number of carbonyl (C=O) groups is 1. The molecule has 0 unspecified atom stereocenters. The van der Waals surface area contributed by atoms with Crippen LogP contribution in [0.4, 0.5) is 0 Å². The van der Waals surface area contributed by atoms with Gasteiger partial charge in [0.1, 0.15) is 0 Å². The summed E-state index contributed by atoms with van der Waals surface area (Å²) >= 11 is 0. The van der Waals surface area contributed by atoms with Gasteiger partial charge in [0.25, 0.3) is 0 Å². The Kier molecular flexibility index (Phi) is 1.13. The van der Waals surface area contributed by atoms with Gasteiger partial charge in [-0.25, -0.2) is 0 Å². The van der Waals surface area contributed by atoms with Crippen LogP contribution in [0.25, 0.3) is 0 Å². The number of nitrogens with zero attached hydrogens (tertiary/aromatic N) is 1. The third kappa shape index (κ3) is 0.685. The van der Waals surface area contributed by atoms with Crippen molar-refractivity contribution in [1.82, 2.24) is 4.90 Å². The molecule has 0 saturated heterocycles. The minimum Gasteiger partial charge on any atom is -0.329 e. The van der Waals surface area contributed by atoms with Crippen LogP contribution in [-0.4, -0.2) is 23.4 Å². The molecule has 0 aromatic rings. The van der Waals surface area contributed by atoms with Crippen LogP contribution in [0.1, 0.15) is 6.42 Å². The molecule has 2 aliphatic rings. The normalized spacial score (nSPS) is 29.4. The molecule has 1 amide bonds. The Morgan fingerprint density at radius 2 is 2.40 bits per heavy atom. The first kappa shape index (κ1) is 5.71. The van der Waals surface area contributed by atoms with E-state index in [0.29, 0.717) is 6.04 Å². The molecule has 0 aliphatic carbocycles. The SMILES string of the molecule is O=C1C=CC[C@H]2C=CCN12. The zero-order valence-electron chi connectivity index (χ0n) is 5.66. The largest absolute Gasteiger partial charge is 0.329 e. The smallest absolute Gasteiger partial charge is 0.247 e. The van der Waals surface area contributed by atoms with Gasteiger partial charge in [0, 0.05) is 6.54 Å². The molecule has 2 rings (SSSR count). The van der Waals surface area contributed by atoms with Gasteiger partial charge in [0.05, 0.1) is 6.04 Å². The van der Waals surface area contributed by atoms with Crippen molar-refractivity contribution in [2.24, 2.45) is 0 Å². The van der Waals surface area contributed by atoms with Crippen molar-refractivity contribution >= 4 is 5.91 Å². The van der Waals surface area contributed by atoms with Gasteiger partial charge in [-0.15, -0.1) is 0 Å². The first-order valence-electron chi connectivity index (χ1n) is 3.52. The van der Waals surface area contributed by atoms with E-state index in [1.807, 2.05) is 11.0 Å². The van der Waals surface area contributed by atoms with Crippen LogP contribution in [0.5, 0.6) is 0 Å². The fraction of sp³-hybridized carbons (Fsp3) is 0.375. The summed E-state index contributed by atoms with van der Waals surface area (Å²) in [6, 6.07) is 0.359. The van der Waals surface area contributed by atoms with E-state index in [4.69, 9.17) is 0 Å². The predicted octanol–water partition coefficient (Wildman–Crippen LogP) is 0.713. The van der Waals surface area contributed by atoms with Crippen molar-refractivity contribution in [2.45, 2.75) is 12.5 Å². The Labute approximate surface area is 59.8 Å². The Morgan fingerprint density at radius 1 is 1.50 bits per heavy atom. The average molecular weight is 135 g/mol. The maximum Gasteiger partial charge on any atom is 0.247 e. The summed E-state index contributed by atoms with van der Waals surface area (Å²) in [5.41, 5.74) is 0. The van der Waals surface area contributed by atoms with E-state index in [-0.39, 0.29) is 5.91 Å². The van der Waals surface area contributed by atoms with Crippen LogP contribution >= 0.6 is 0 Å². The van der Waals surface area contributed by atoms with E-state index in [1.165, 1.54) is 0 Å². The van der Waals surface area contributed by atoms with Crippen molar-refractivity contribution in [2.75, 3.05) is 6.54 Å². The second kappa shape index (κ2) is 1.97. The molecule has 2 nitrogen and oxygen atoms in total. The molecule has 2 heterocycles. The highest BCUT2D eigenvalue weighted by Gasteiger charge is 2.24. The van der Waals surface area contributed by atoms with Gasteiger partial charge in [0.15, 0.2) is 0 Å². The molecule has 2 aliphatic heterocycles. The van der Waals surface area contributed by atoms with Crippen molar-refractivity contribution in [1.29, 1.82) is 0 Å². The van der Waals surface area contributed by atoms with Crippen LogP contribution in [0, 0.1) is 0 Å². The molecule has 52 valence electrons. The van der Waals surface area contributed by atoms with Crippen LogP contribution in [0.2, 0.25) is 0 Å². The van der Waals surface area contributed by atoms with Crippen molar-refractivity contribution in [3.63, 3.8) is 0 Å². The summed E-state index contributed by atoms with van der Waals surface area (Å²) in [6.07, 6.45) is 8.74. The third-order valence-corrected chi connectivity index (χ3v) is 1.98. The summed E-state index contributed by atoms with van der Waals surface area (Å²) in [5, 5.41) is 0. The number of hydrogen-bond donors (Lipinski definition) is 0. The lowest BCUT2D eigenvalue weighted by Gasteiger charge is -2.25. The lowest BCUT2D eigenvalue weighted by atomic mass is 10.1. The number of fused-ring (bicyclic) bond motifs is 1. The highest BCUT2D eigenvalue weighted by molar-refractivity contribution is 5.89. The van der Waals surface area contributed by atoms with Crippen LogP contribution in [0.15, 0.2) is 24.3 Å². The van der Waals surface area contributed by atoms with Crippen LogP contribution in [0.3, 0.4) is 0 Å². The van der Waals surface area contributed by atoms with Crippen LogP contribution in [-0.2, 0) is 4.79 Å². The molecule has 0 spiro atoms. The standard InChI is InChI=1S/C8H9NO/c10-8-5-1-3-7-4-2-6-9(7)8/h1-2,4-5,7H,3,6H2/t7-/m0/s1. The predicted molar refractivity (Wildman–Crippen MR) is 38.4 cm³/mol. The van der Waals surface area contributed by atoms with Crippen molar-refractivity contribution in [3.05, 3.63) is 24.3 Å². The third-order valence-electron chi connectivity index (χ3n) is 1.98. The summed E-state index contributed by atoms with van der Waals surface area (Å²) in [4.78, 5) is 12.9. The fourth-order valence-electron chi connectivity index (χ4n) is 1.43. The second-order valence-corrected chi connectivity index (χ2v) is 2.62. The monoisotopic (exact) mass is 135 g/mol. The van der Waals surface area contributed by atoms with E-state index in [2.05, 4.69) is 12.2 Å². The first-order valence-corrected chi connectivity index (χ1v) is 3.52. The van der Waals surface area contributed by atoms with E-state index in [1.54, 1.807) is 6.08 Å². The van der Waals surface area contributed by atoms with Gasteiger partial charge >= 0.3 is 0 Å². The minimum absolute atomic E-state index is 0.154. The lowest BCUT2D eigenvalue weighted by Crippen LogP contribution is -2.36. The van der Waals surface area contributed by atoms with Gasteiger partial charge in [0.2, 0.25) is 5.91 Å². The zero-order valence-corrected chi connectivity index (χ0v) is 5.66. The molecule has 0 fully saturated rings. The van der Waals surface area contributed by atoms with Crippen molar-refractivity contribution < 1.29 is 4.79 Å². The fourth-order valence-corrected chi connectivity index (χ4v) is 1.43. The average Bonchev–Trinajstić information content (AvgIpc) is 2.36. The molecule has 10 heavy (non-hydrogen) atoms. The lowest BCUT2D eigenvalue weighted by molar-refractivity contribution is -0.126. The topological polar surface area (TPSA) is 20.3 Å². The number of hydrogen-bond acceptors (Lipinski definition) is 1.